The number of benzene rings is 1. The van der Waals surface area contributed by atoms with Gasteiger partial charge in [0.1, 0.15) is 5.75 Å². The van der Waals surface area contributed by atoms with E-state index in [1.807, 2.05) is 34.3 Å². The van der Waals surface area contributed by atoms with Crippen LogP contribution in [0.25, 0.3) is 5.69 Å². The van der Waals surface area contributed by atoms with Crippen LogP contribution in [0.3, 0.4) is 0 Å². The van der Waals surface area contributed by atoms with Gasteiger partial charge in [-0.2, -0.15) is 5.10 Å². The van der Waals surface area contributed by atoms with Gasteiger partial charge in [0.2, 0.25) is 0 Å². The molecule has 0 radical (unpaired) electrons. The first-order chi connectivity index (χ1) is 10.7. The van der Waals surface area contributed by atoms with Crippen molar-refractivity contribution < 1.29 is 9.90 Å². The van der Waals surface area contributed by atoms with Gasteiger partial charge in [-0.05, 0) is 47.8 Å². The highest BCUT2D eigenvalue weighted by Crippen LogP contribution is 2.15. The van der Waals surface area contributed by atoms with Gasteiger partial charge in [-0.3, -0.25) is 4.79 Å². The first-order valence-corrected chi connectivity index (χ1v) is 7.46. The lowest BCUT2D eigenvalue weighted by Gasteiger charge is -2.06. The van der Waals surface area contributed by atoms with E-state index in [1.165, 1.54) is 11.3 Å². The molecule has 110 valence electrons. The Morgan fingerprint density at radius 3 is 2.73 bits per heavy atom. The van der Waals surface area contributed by atoms with Crippen molar-refractivity contribution in [2.45, 2.75) is 0 Å². The number of aromatic nitrogens is 1. The highest BCUT2D eigenvalue weighted by atomic mass is 32.1. The molecule has 1 aromatic carbocycles. The van der Waals surface area contributed by atoms with Crippen LogP contribution in [-0.2, 0) is 0 Å². The maximum Gasteiger partial charge on any atom is 0.281 e. The average molecular weight is 311 g/mol. The second-order valence-corrected chi connectivity index (χ2v) is 5.44. The first kappa shape index (κ1) is 14.1. The first-order valence-electron chi connectivity index (χ1n) is 6.58. The zero-order valence-corrected chi connectivity index (χ0v) is 12.3. The molecular formula is C16H13N3O2S. The minimum Gasteiger partial charge on any atom is -0.508 e. The number of amides is 1. The van der Waals surface area contributed by atoms with Gasteiger partial charge in [-0.1, -0.05) is 6.07 Å². The highest BCUT2D eigenvalue weighted by molar-refractivity contribution is 7.12. The number of aromatic hydroxyl groups is 1. The summed E-state index contributed by atoms with van der Waals surface area (Å²) in [7, 11) is 0. The molecule has 22 heavy (non-hydrogen) atoms. The van der Waals surface area contributed by atoms with E-state index < -0.39 is 0 Å². The monoisotopic (exact) mass is 311 g/mol. The van der Waals surface area contributed by atoms with Crippen LogP contribution in [0, 0.1) is 0 Å². The van der Waals surface area contributed by atoms with Crippen molar-refractivity contribution >= 4 is 23.5 Å². The second kappa shape index (κ2) is 6.28. The minimum atomic E-state index is -0.228. The van der Waals surface area contributed by atoms with Crippen LogP contribution in [-0.4, -0.2) is 21.8 Å². The van der Waals surface area contributed by atoms with Crippen molar-refractivity contribution in [3.63, 3.8) is 0 Å². The van der Waals surface area contributed by atoms with Gasteiger partial charge in [-0.25, -0.2) is 5.43 Å². The number of nitrogens with one attached hydrogen (secondary N) is 1. The summed E-state index contributed by atoms with van der Waals surface area (Å²) in [4.78, 5) is 12.4. The molecule has 0 aliphatic rings. The van der Waals surface area contributed by atoms with Gasteiger partial charge in [0.05, 0.1) is 16.8 Å². The second-order valence-electron chi connectivity index (χ2n) is 4.50. The normalized spacial score (nSPS) is 10.9. The minimum absolute atomic E-state index is 0.217. The molecular weight excluding hydrogens is 298 g/mol. The number of nitrogens with zero attached hydrogens (tertiary/aromatic N) is 2. The van der Waals surface area contributed by atoms with Crippen LogP contribution in [0.4, 0.5) is 0 Å². The molecule has 0 saturated heterocycles. The van der Waals surface area contributed by atoms with Crippen molar-refractivity contribution in [3.05, 3.63) is 70.7 Å². The summed E-state index contributed by atoms with van der Waals surface area (Å²) in [6.45, 7) is 0. The predicted octanol–water partition coefficient (Wildman–Crippen LogP) is 3.01. The summed E-state index contributed by atoms with van der Waals surface area (Å²) < 4.78 is 1.90. The van der Waals surface area contributed by atoms with E-state index in [-0.39, 0.29) is 11.7 Å². The molecule has 5 nitrogen and oxygen atoms in total. The molecule has 6 heteroatoms. The molecule has 2 N–H and O–H groups in total. The van der Waals surface area contributed by atoms with E-state index in [0.717, 1.165) is 11.4 Å². The lowest BCUT2D eigenvalue weighted by atomic mass is 10.3. The molecule has 2 aromatic heterocycles. The van der Waals surface area contributed by atoms with Gasteiger partial charge in [0.25, 0.3) is 5.91 Å². The number of hydrogen-bond donors (Lipinski definition) is 2. The van der Waals surface area contributed by atoms with Crippen LogP contribution in [0.5, 0.6) is 5.75 Å². The van der Waals surface area contributed by atoms with Crippen molar-refractivity contribution in [3.8, 4) is 11.4 Å². The fraction of sp³-hybridized carbons (Fsp3) is 0. The molecule has 0 saturated carbocycles. The van der Waals surface area contributed by atoms with E-state index in [0.29, 0.717) is 4.88 Å². The third-order valence-corrected chi connectivity index (χ3v) is 3.88. The van der Waals surface area contributed by atoms with Gasteiger partial charge < -0.3 is 9.67 Å². The predicted molar refractivity (Wildman–Crippen MR) is 86.8 cm³/mol. The Labute approximate surface area is 131 Å². The number of phenolic OH excluding ortho intramolecular Hbond substituents is 1. The van der Waals surface area contributed by atoms with E-state index in [9.17, 15) is 9.90 Å². The molecule has 0 bridgehead atoms. The van der Waals surface area contributed by atoms with Crippen LogP contribution in [0.1, 0.15) is 15.4 Å². The number of phenols is 1. The highest BCUT2D eigenvalue weighted by Gasteiger charge is 2.05. The molecule has 0 spiro atoms. The van der Waals surface area contributed by atoms with Gasteiger partial charge in [0, 0.05) is 11.9 Å². The van der Waals surface area contributed by atoms with Crippen LogP contribution >= 0.6 is 11.3 Å². The summed E-state index contributed by atoms with van der Waals surface area (Å²) >= 11 is 1.37. The quantitative estimate of drug-likeness (QED) is 0.574. The maximum atomic E-state index is 11.8. The summed E-state index contributed by atoms with van der Waals surface area (Å²) in [5, 5.41) is 15.2. The standard InChI is InChI=1S/C16H13N3O2S/c20-14-7-5-12(6-8-14)19-9-1-3-13(19)11-17-18-16(21)15-4-2-10-22-15/h1-11,20H,(H,18,21). The Morgan fingerprint density at radius 2 is 2.00 bits per heavy atom. The van der Waals surface area contributed by atoms with E-state index in [1.54, 1.807) is 36.5 Å². The largest absolute Gasteiger partial charge is 0.508 e. The molecule has 0 aliphatic carbocycles. The van der Waals surface area contributed by atoms with Crippen molar-refractivity contribution in [2.75, 3.05) is 0 Å². The SMILES string of the molecule is O=C(NN=Cc1cccn1-c1ccc(O)cc1)c1cccs1. The Kier molecular flexibility index (Phi) is 4.02. The zero-order valence-electron chi connectivity index (χ0n) is 11.5. The molecule has 3 rings (SSSR count). The Bertz CT molecular complexity index is 789. The lowest BCUT2D eigenvalue weighted by molar-refractivity contribution is 0.0959. The number of carbonyl (C=O) groups excluding carboxylic acids is 1. The number of rotatable bonds is 4. The third kappa shape index (κ3) is 3.07. The summed E-state index contributed by atoms with van der Waals surface area (Å²) in [5.41, 5.74) is 4.21. The van der Waals surface area contributed by atoms with Crippen molar-refractivity contribution in [1.82, 2.24) is 9.99 Å². The lowest BCUT2D eigenvalue weighted by Crippen LogP contribution is -2.16. The van der Waals surface area contributed by atoms with E-state index in [2.05, 4.69) is 10.5 Å². The number of carbonyl (C=O) groups is 1. The molecule has 0 unspecified atom stereocenters. The van der Waals surface area contributed by atoms with Crippen molar-refractivity contribution in [2.24, 2.45) is 5.10 Å². The molecule has 2 heterocycles. The number of thiophene rings is 1. The number of hydrogen-bond acceptors (Lipinski definition) is 4. The molecule has 0 aliphatic heterocycles. The van der Waals surface area contributed by atoms with E-state index >= 15 is 0 Å². The van der Waals surface area contributed by atoms with Gasteiger partial charge in [0.15, 0.2) is 0 Å². The summed E-state index contributed by atoms with van der Waals surface area (Å²) in [6.07, 6.45) is 3.47. The summed E-state index contributed by atoms with van der Waals surface area (Å²) in [6, 6.07) is 14.2. The molecule has 3 aromatic rings. The molecule has 1 amide bonds. The van der Waals surface area contributed by atoms with Gasteiger partial charge >= 0.3 is 0 Å². The fourth-order valence-corrected chi connectivity index (χ4v) is 2.58. The smallest absolute Gasteiger partial charge is 0.281 e. The van der Waals surface area contributed by atoms with Gasteiger partial charge in [-0.15, -0.1) is 11.3 Å². The molecule has 0 fully saturated rings. The fourth-order valence-electron chi connectivity index (χ4n) is 1.97. The van der Waals surface area contributed by atoms with Crippen LogP contribution in [0.2, 0.25) is 0 Å². The average Bonchev–Trinajstić information content (AvgIpc) is 3.19. The Morgan fingerprint density at radius 1 is 1.18 bits per heavy atom. The zero-order chi connectivity index (χ0) is 15.4. The maximum absolute atomic E-state index is 11.8. The summed E-state index contributed by atoms with van der Waals surface area (Å²) in [5.74, 6) is -0.0108. The third-order valence-electron chi connectivity index (χ3n) is 3.02. The number of hydrazone groups is 1. The van der Waals surface area contributed by atoms with Crippen LogP contribution < -0.4 is 5.43 Å². The van der Waals surface area contributed by atoms with E-state index in [4.69, 9.17) is 0 Å². The Hall–Kier alpha value is -2.86. The Balaban J connectivity index is 1.74. The van der Waals surface area contributed by atoms with Crippen LogP contribution in [0.15, 0.2) is 65.2 Å². The topological polar surface area (TPSA) is 66.6 Å². The van der Waals surface area contributed by atoms with Crippen molar-refractivity contribution in [1.29, 1.82) is 0 Å². The molecule has 0 atom stereocenters.